The number of amides is 1. The molecule has 0 atom stereocenters. The molecule has 9 heteroatoms. The maximum Gasteiger partial charge on any atom is 0.269 e. The molecule has 0 saturated heterocycles. The molecule has 0 aliphatic carbocycles. The fraction of sp³-hybridized carbons (Fsp3) is 0.320. The van der Waals surface area contributed by atoms with E-state index in [4.69, 9.17) is 27.8 Å². The minimum atomic E-state index is -0.241. The van der Waals surface area contributed by atoms with Crippen LogP contribution >= 0.6 is 11.6 Å². The highest BCUT2D eigenvalue weighted by molar-refractivity contribution is 6.30. The molecule has 0 bridgehead atoms. The lowest BCUT2D eigenvalue weighted by molar-refractivity contribution is -0.419. The Morgan fingerprint density at radius 2 is 2.03 bits per heavy atom. The molecule has 0 aliphatic rings. The van der Waals surface area contributed by atoms with Crippen LogP contribution in [0, 0.1) is 0 Å². The van der Waals surface area contributed by atoms with Crippen molar-refractivity contribution in [3.05, 3.63) is 64.7 Å². The van der Waals surface area contributed by atoms with E-state index in [9.17, 15) is 4.79 Å². The predicted octanol–water partition coefficient (Wildman–Crippen LogP) is 1.40. The maximum absolute atomic E-state index is 12.4. The summed E-state index contributed by atoms with van der Waals surface area (Å²) >= 11 is 6.29. The Morgan fingerprint density at radius 3 is 2.71 bits per heavy atom. The number of imidazole rings is 1. The number of carbonyl (C=O) groups excluding carboxylic acids is 1. The summed E-state index contributed by atoms with van der Waals surface area (Å²) in [4.78, 5) is 21.4. The van der Waals surface area contributed by atoms with Crippen molar-refractivity contribution in [3.63, 3.8) is 0 Å². The van der Waals surface area contributed by atoms with Gasteiger partial charge in [-0.05, 0) is 36.9 Å². The van der Waals surface area contributed by atoms with E-state index in [0.717, 1.165) is 40.2 Å². The van der Waals surface area contributed by atoms with Gasteiger partial charge in [0.25, 0.3) is 5.91 Å². The molecule has 3 aromatic rings. The molecular formula is C25H32ClN6O2+. The van der Waals surface area contributed by atoms with Gasteiger partial charge in [0.05, 0.1) is 12.2 Å². The first-order chi connectivity index (χ1) is 16.3. The van der Waals surface area contributed by atoms with Crippen LogP contribution in [0.25, 0.3) is 16.8 Å². The van der Waals surface area contributed by atoms with Crippen LogP contribution in [0.1, 0.15) is 19.0 Å². The summed E-state index contributed by atoms with van der Waals surface area (Å²) in [7, 11) is 5.14. The summed E-state index contributed by atoms with van der Waals surface area (Å²) < 4.78 is 8.22. The summed E-state index contributed by atoms with van der Waals surface area (Å²) in [5, 5.41) is 0.572. The Hall–Kier alpha value is -3.36. The van der Waals surface area contributed by atoms with Gasteiger partial charge in [0.15, 0.2) is 5.71 Å². The molecule has 0 unspecified atom stereocenters. The second-order valence-electron chi connectivity index (χ2n) is 8.14. The third-order valence-corrected chi connectivity index (χ3v) is 5.87. The lowest BCUT2D eigenvalue weighted by atomic mass is 10.0. The fourth-order valence-corrected chi connectivity index (χ4v) is 3.85. The monoisotopic (exact) mass is 483 g/mol. The van der Waals surface area contributed by atoms with Crippen molar-refractivity contribution >= 4 is 28.9 Å². The Morgan fingerprint density at radius 1 is 1.26 bits per heavy atom. The fourth-order valence-electron chi connectivity index (χ4n) is 3.69. The topological polar surface area (TPSA) is 113 Å². The number of fused-ring (bicyclic) bond motifs is 1. The van der Waals surface area contributed by atoms with Crippen LogP contribution in [0.4, 0.5) is 0 Å². The number of likely N-dealkylation sites (N-methyl/N-ethyl adjacent to an activating group) is 1. The smallest absolute Gasteiger partial charge is 0.269 e. The van der Waals surface area contributed by atoms with Crippen molar-refractivity contribution in [2.75, 3.05) is 34.3 Å². The van der Waals surface area contributed by atoms with Crippen LogP contribution in [0.15, 0.2) is 54.0 Å². The highest BCUT2D eigenvalue weighted by Crippen LogP contribution is 2.33. The van der Waals surface area contributed by atoms with Gasteiger partial charge in [0.2, 0.25) is 0 Å². The van der Waals surface area contributed by atoms with Crippen LogP contribution in [-0.4, -0.2) is 60.2 Å². The minimum absolute atomic E-state index is 0.199. The second-order valence-corrected chi connectivity index (χ2v) is 8.58. The number of carbonyl (C=O) groups is 1. The minimum Gasteiger partial charge on any atom is -0.493 e. The standard InChI is InChI=1S/C25H31ClN6O2/c1-16(29-2)20(24(28)25(33)31(3)4)10-12-34-22-13-18(26)6-7-21(22)17-5-8-23-30-14-19(9-11-27)32(23)15-17/h5-8,13-15H,9-12,27-28H2,1-4H3/p+1/b24-20-,29-16?. The molecular weight excluding hydrogens is 452 g/mol. The number of nitrogens with two attached hydrogens (primary N) is 2. The molecule has 5 N–H and O–H groups in total. The van der Waals surface area contributed by atoms with Crippen molar-refractivity contribution in [2.45, 2.75) is 19.8 Å². The van der Waals surface area contributed by atoms with Crippen molar-refractivity contribution in [2.24, 2.45) is 11.5 Å². The van der Waals surface area contributed by atoms with Crippen LogP contribution in [0.5, 0.6) is 5.75 Å². The van der Waals surface area contributed by atoms with Crippen LogP contribution in [0.3, 0.4) is 0 Å². The molecule has 180 valence electrons. The van der Waals surface area contributed by atoms with E-state index >= 15 is 0 Å². The van der Waals surface area contributed by atoms with E-state index in [2.05, 4.69) is 9.98 Å². The lowest BCUT2D eigenvalue weighted by Crippen LogP contribution is -2.67. The zero-order valence-electron chi connectivity index (χ0n) is 20.1. The van der Waals surface area contributed by atoms with Crippen LogP contribution in [-0.2, 0) is 11.2 Å². The van der Waals surface area contributed by atoms with Gasteiger partial charge < -0.3 is 25.5 Å². The zero-order chi connectivity index (χ0) is 24.8. The molecule has 8 nitrogen and oxygen atoms in total. The first-order valence-electron chi connectivity index (χ1n) is 11.1. The van der Waals surface area contributed by atoms with Gasteiger partial charge in [0, 0.05) is 68.1 Å². The summed E-state index contributed by atoms with van der Waals surface area (Å²) in [6.45, 7) is 2.75. The van der Waals surface area contributed by atoms with Gasteiger partial charge in [0.1, 0.15) is 24.1 Å². The third kappa shape index (κ3) is 5.58. The average molecular weight is 484 g/mol. The molecule has 0 spiro atoms. The third-order valence-electron chi connectivity index (χ3n) is 5.64. The second kappa shape index (κ2) is 11.2. The molecule has 0 fully saturated rings. The summed E-state index contributed by atoms with van der Waals surface area (Å²) in [5.74, 6) is 0.404. The molecule has 34 heavy (non-hydrogen) atoms. The maximum atomic E-state index is 12.4. The Labute approximate surface area is 204 Å². The number of halogens is 1. The van der Waals surface area contributed by atoms with E-state index < -0.39 is 0 Å². The number of pyridine rings is 1. The van der Waals surface area contributed by atoms with E-state index in [-0.39, 0.29) is 11.6 Å². The van der Waals surface area contributed by atoms with Crippen molar-refractivity contribution in [3.8, 4) is 16.9 Å². The van der Waals surface area contributed by atoms with Gasteiger partial charge in [-0.15, -0.1) is 0 Å². The number of nitrogens with one attached hydrogen (secondary N) is 1. The molecule has 1 aromatic carbocycles. The van der Waals surface area contributed by atoms with Gasteiger partial charge in [-0.2, -0.15) is 0 Å². The van der Waals surface area contributed by atoms with Gasteiger partial charge >= 0.3 is 0 Å². The van der Waals surface area contributed by atoms with Gasteiger partial charge in [-0.1, -0.05) is 11.6 Å². The average Bonchev–Trinajstić information content (AvgIpc) is 3.22. The number of ether oxygens (including phenoxy) is 1. The van der Waals surface area contributed by atoms with Crippen molar-refractivity contribution in [1.82, 2.24) is 14.3 Å². The number of nitrogens with zero attached hydrogens (tertiary/aromatic N) is 3. The molecule has 3 rings (SSSR count). The van der Waals surface area contributed by atoms with Gasteiger partial charge in [-0.3, -0.25) is 4.79 Å². The highest BCUT2D eigenvalue weighted by Gasteiger charge is 2.19. The van der Waals surface area contributed by atoms with E-state index in [1.54, 1.807) is 27.2 Å². The van der Waals surface area contributed by atoms with E-state index in [1.165, 1.54) is 4.90 Å². The zero-order valence-corrected chi connectivity index (χ0v) is 20.8. The summed E-state index contributed by atoms with van der Waals surface area (Å²) in [6.07, 6.45) is 5.06. The Kier molecular flexibility index (Phi) is 8.31. The molecule has 1 amide bonds. The van der Waals surface area contributed by atoms with Crippen LogP contribution < -0.4 is 21.2 Å². The molecule has 0 radical (unpaired) electrons. The number of hydrogen-bond acceptors (Lipinski definition) is 5. The number of hydrogen-bond donors (Lipinski definition) is 3. The normalized spacial score (nSPS) is 12.6. The van der Waals surface area contributed by atoms with E-state index in [0.29, 0.717) is 30.3 Å². The molecule has 2 heterocycles. The number of aromatic nitrogens is 2. The molecule has 0 aliphatic heterocycles. The summed E-state index contributed by atoms with van der Waals surface area (Å²) in [6, 6.07) is 9.53. The Balaban J connectivity index is 1.90. The SMILES string of the molecule is C[NH+]=C(C)/C(CCOc1cc(Cl)ccc1-c1ccc2ncc(CCN)n2c1)=C(\N)C(=O)N(C)C. The first-order valence-corrected chi connectivity index (χ1v) is 11.4. The Bertz CT molecular complexity index is 1250. The van der Waals surface area contributed by atoms with Crippen molar-refractivity contribution < 1.29 is 14.5 Å². The quantitative estimate of drug-likeness (QED) is 0.314. The molecule has 0 saturated carbocycles. The highest BCUT2D eigenvalue weighted by atomic mass is 35.5. The lowest BCUT2D eigenvalue weighted by Gasteiger charge is -2.16. The van der Waals surface area contributed by atoms with Crippen molar-refractivity contribution in [1.29, 1.82) is 0 Å². The first kappa shape index (κ1) is 25.3. The number of rotatable bonds is 9. The predicted molar refractivity (Wildman–Crippen MR) is 136 cm³/mol. The van der Waals surface area contributed by atoms with Gasteiger partial charge in [-0.25, -0.2) is 9.98 Å². The van der Waals surface area contributed by atoms with E-state index in [1.807, 2.05) is 48.0 Å². The van der Waals surface area contributed by atoms with Crippen LogP contribution in [0.2, 0.25) is 5.02 Å². The largest absolute Gasteiger partial charge is 0.493 e. The summed E-state index contributed by atoms with van der Waals surface area (Å²) in [5.41, 5.74) is 17.4. The molecule has 2 aromatic heterocycles. The number of benzene rings is 1.